The molecule has 1 heterocycles. The summed E-state index contributed by atoms with van der Waals surface area (Å²) in [6, 6.07) is 12.6. The number of hydrogen-bond donors (Lipinski definition) is 1. The first kappa shape index (κ1) is 19.7. The third kappa shape index (κ3) is 4.11. The summed E-state index contributed by atoms with van der Waals surface area (Å²) in [4.78, 5) is 26.4. The third-order valence-electron chi connectivity index (χ3n) is 4.55. The van der Waals surface area contributed by atoms with E-state index >= 15 is 0 Å². The molecule has 1 saturated heterocycles. The lowest BCUT2D eigenvalue weighted by Gasteiger charge is -2.22. The van der Waals surface area contributed by atoms with Crippen LogP contribution in [0.15, 0.2) is 48.5 Å². The number of hydrogen-bond acceptors (Lipinski definition) is 3. The van der Waals surface area contributed by atoms with Crippen LogP contribution in [-0.4, -0.2) is 29.6 Å². The number of imide groups is 1. The standard InChI is InChI=1S/C20H19F3N2O3/c1-13-6-8-15(9-7-13)19(2)17(26)25(18(27)24-19)11-14-4-3-5-16(10-14)28-12-20(21,22)23/h3-10H,11-12H2,1-2H3,(H,24,27)/t19-/m0/s1. The minimum atomic E-state index is -4.45. The Bertz CT molecular complexity index is 896. The maximum absolute atomic E-state index is 12.9. The number of ether oxygens (including phenoxy) is 1. The summed E-state index contributed by atoms with van der Waals surface area (Å²) in [6.45, 7) is 2.06. The number of nitrogens with zero attached hydrogens (tertiary/aromatic N) is 1. The molecule has 0 aromatic heterocycles. The largest absolute Gasteiger partial charge is 0.484 e. The van der Waals surface area contributed by atoms with Crippen LogP contribution in [0.25, 0.3) is 0 Å². The molecule has 3 amide bonds. The van der Waals surface area contributed by atoms with Gasteiger partial charge >= 0.3 is 12.2 Å². The number of amides is 3. The summed E-state index contributed by atoms with van der Waals surface area (Å²) in [5, 5.41) is 2.70. The van der Waals surface area contributed by atoms with Crippen LogP contribution < -0.4 is 10.1 Å². The molecule has 1 atom stereocenters. The number of carbonyl (C=O) groups is 2. The fraction of sp³-hybridized carbons (Fsp3) is 0.300. The summed E-state index contributed by atoms with van der Waals surface area (Å²) >= 11 is 0. The van der Waals surface area contributed by atoms with E-state index in [2.05, 4.69) is 5.32 Å². The van der Waals surface area contributed by atoms with Crippen molar-refractivity contribution in [2.24, 2.45) is 0 Å². The Morgan fingerprint density at radius 1 is 1.11 bits per heavy atom. The van der Waals surface area contributed by atoms with Crippen molar-refractivity contribution in [3.8, 4) is 5.75 Å². The lowest BCUT2D eigenvalue weighted by atomic mass is 9.91. The first-order valence-corrected chi connectivity index (χ1v) is 8.58. The summed E-state index contributed by atoms with van der Waals surface area (Å²) in [7, 11) is 0. The van der Waals surface area contributed by atoms with Crippen molar-refractivity contribution < 1.29 is 27.5 Å². The van der Waals surface area contributed by atoms with E-state index in [1.54, 1.807) is 25.1 Å². The van der Waals surface area contributed by atoms with Gasteiger partial charge in [0, 0.05) is 0 Å². The van der Waals surface area contributed by atoms with E-state index in [0.717, 1.165) is 10.5 Å². The molecule has 5 nitrogen and oxygen atoms in total. The second kappa shape index (κ2) is 7.18. The van der Waals surface area contributed by atoms with Crippen LogP contribution >= 0.6 is 0 Å². The van der Waals surface area contributed by atoms with Gasteiger partial charge in [-0.25, -0.2) is 4.79 Å². The zero-order valence-corrected chi connectivity index (χ0v) is 15.3. The number of benzene rings is 2. The molecule has 0 aliphatic carbocycles. The molecule has 0 bridgehead atoms. The minimum absolute atomic E-state index is 0.0168. The molecule has 0 saturated carbocycles. The second-order valence-electron chi connectivity index (χ2n) is 6.86. The van der Waals surface area contributed by atoms with Crippen molar-refractivity contribution in [3.63, 3.8) is 0 Å². The highest BCUT2D eigenvalue weighted by atomic mass is 19.4. The first-order valence-electron chi connectivity index (χ1n) is 8.58. The molecule has 1 N–H and O–H groups in total. The SMILES string of the molecule is Cc1ccc([C@]2(C)NC(=O)N(Cc3cccc(OCC(F)(F)F)c3)C2=O)cc1. The number of rotatable bonds is 5. The maximum atomic E-state index is 12.9. The van der Waals surface area contributed by atoms with E-state index in [1.165, 1.54) is 18.2 Å². The van der Waals surface area contributed by atoms with Gasteiger partial charge in [0.1, 0.15) is 11.3 Å². The second-order valence-corrected chi connectivity index (χ2v) is 6.86. The van der Waals surface area contributed by atoms with Crippen molar-refractivity contribution >= 4 is 11.9 Å². The number of urea groups is 1. The van der Waals surface area contributed by atoms with Gasteiger partial charge in [0.05, 0.1) is 6.54 Å². The molecule has 2 aromatic rings. The van der Waals surface area contributed by atoms with Crippen LogP contribution in [0.1, 0.15) is 23.6 Å². The fourth-order valence-corrected chi connectivity index (χ4v) is 3.00. The number of nitrogens with one attached hydrogen (secondary N) is 1. The van der Waals surface area contributed by atoms with Crippen molar-refractivity contribution in [2.75, 3.05) is 6.61 Å². The molecule has 1 aliphatic heterocycles. The fourth-order valence-electron chi connectivity index (χ4n) is 3.00. The lowest BCUT2D eigenvalue weighted by molar-refractivity contribution is -0.153. The smallest absolute Gasteiger partial charge is 0.422 e. The molecular weight excluding hydrogens is 373 g/mol. The third-order valence-corrected chi connectivity index (χ3v) is 4.55. The Kier molecular flexibility index (Phi) is 5.06. The molecule has 0 radical (unpaired) electrons. The van der Waals surface area contributed by atoms with Crippen molar-refractivity contribution in [1.82, 2.24) is 10.2 Å². The van der Waals surface area contributed by atoms with Crippen LogP contribution in [0.4, 0.5) is 18.0 Å². The van der Waals surface area contributed by atoms with Gasteiger partial charge in [-0.3, -0.25) is 9.69 Å². The quantitative estimate of drug-likeness (QED) is 0.785. The van der Waals surface area contributed by atoms with Gasteiger partial charge in [-0.05, 0) is 37.1 Å². The summed E-state index contributed by atoms with van der Waals surface area (Å²) in [6.07, 6.45) is -4.45. The van der Waals surface area contributed by atoms with Crippen molar-refractivity contribution in [3.05, 3.63) is 65.2 Å². The van der Waals surface area contributed by atoms with Crippen LogP contribution in [-0.2, 0) is 16.9 Å². The normalized spacial score (nSPS) is 19.7. The van der Waals surface area contributed by atoms with E-state index < -0.39 is 30.3 Å². The van der Waals surface area contributed by atoms with Gasteiger partial charge in [0.25, 0.3) is 5.91 Å². The predicted molar refractivity (Wildman–Crippen MR) is 95.6 cm³/mol. The first-order chi connectivity index (χ1) is 13.1. The number of carbonyl (C=O) groups excluding carboxylic acids is 2. The Labute approximate surface area is 160 Å². The molecule has 8 heteroatoms. The minimum Gasteiger partial charge on any atom is -0.484 e. The van der Waals surface area contributed by atoms with Gasteiger partial charge in [0.2, 0.25) is 0 Å². The molecule has 3 rings (SSSR count). The molecular formula is C20H19F3N2O3. The van der Waals surface area contributed by atoms with Gasteiger partial charge in [-0.1, -0.05) is 42.0 Å². The summed E-state index contributed by atoms with van der Waals surface area (Å²) in [5.41, 5.74) is 0.962. The highest BCUT2D eigenvalue weighted by Gasteiger charge is 2.48. The average Bonchev–Trinajstić information content (AvgIpc) is 2.84. The van der Waals surface area contributed by atoms with E-state index in [9.17, 15) is 22.8 Å². The van der Waals surface area contributed by atoms with Crippen LogP contribution in [0, 0.1) is 6.92 Å². The van der Waals surface area contributed by atoms with Gasteiger partial charge in [0.15, 0.2) is 6.61 Å². The molecule has 1 fully saturated rings. The molecule has 2 aromatic carbocycles. The van der Waals surface area contributed by atoms with E-state index in [0.29, 0.717) is 11.1 Å². The van der Waals surface area contributed by atoms with E-state index in [4.69, 9.17) is 4.74 Å². The Hall–Kier alpha value is -3.03. The maximum Gasteiger partial charge on any atom is 0.422 e. The lowest BCUT2D eigenvalue weighted by Crippen LogP contribution is -2.40. The number of aryl methyl sites for hydroxylation is 1. The zero-order valence-electron chi connectivity index (χ0n) is 15.3. The summed E-state index contributed by atoms with van der Waals surface area (Å²) in [5.74, 6) is -0.411. The Balaban J connectivity index is 1.77. The zero-order chi connectivity index (χ0) is 20.5. The monoisotopic (exact) mass is 392 g/mol. The molecule has 0 unspecified atom stereocenters. The highest BCUT2D eigenvalue weighted by molar-refractivity contribution is 6.07. The predicted octanol–water partition coefficient (Wildman–Crippen LogP) is 3.90. The van der Waals surface area contributed by atoms with Gasteiger partial charge in [-0.15, -0.1) is 0 Å². The molecule has 1 aliphatic rings. The number of alkyl halides is 3. The van der Waals surface area contributed by atoms with E-state index in [-0.39, 0.29) is 12.3 Å². The summed E-state index contributed by atoms with van der Waals surface area (Å²) < 4.78 is 41.7. The Morgan fingerprint density at radius 2 is 1.79 bits per heavy atom. The molecule has 0 spiro atoms. The highest BCUT2D eigenvalue weighted by Crippen LogP contribution is 2.30. The van der Waals surface area contributed by atoms with Crippen molar-refractivity contribution in [1.29, 1.82) is 0 Å². The molecule has 148 valence electrons. The topological polar surface area (TPSA) is 58.6 Å². The molecule has 28 heavy (non-hydrogen) atoms. The van der Waals surface area contributed by atoms with Crippen molar-refractivity contribution in [2.45, 2.75) is 32.1 Å². The van der Waals surface area contributed by atoms with Crippen LogP contribution in [0.5, 0.6) is 5.75 Å². The van der Waals surface area contributed by atoms with Crippen LogP contribution in [0.3, 0.4) is 0 Å². The van der Waals surface area contributed by atoms with Crippen LogP contribution in [0.2, 0.25) is 0 Å². The van der Waals surface area contributed by atoms with Gasteiger partial charge < -0.3 is 10.1 Å². The van der Waals surface area contributed by atoms with Gasteiger partial charge in [-0.2, -0.15) is 13.2 Å². The average molecular weight is 392 g/mol. The number of halogens is 3. The Morgan fingerprint density at radius 3 is 2.43 bits per heavy atom. The van der Waals surface area contributed by atoms with E-state index in [1.807, 2.05) is 19.1 Å².